The van der Waals surface area contributed by atoms with Crippen LogP contribution in [0.1, 0.15) is 6.42 Å². The molecule has 0 aromatic rings. The number of hydrogen-bond acceptors (Lipinski definition) is 3. The predicted molar refractivity (Wildman–Crippen MR) is 50.8 cm³/mol. The van der Waals surface area contributed by atoms with Crippen LogP contribution < -0.4 is 5.32 Å². The quantitative estimate of drug-likeness (QED) is 0.612. The zero-order chi connectivity index (χ0) is 9.60. The Labute approximate surface area is 83.6 Å². The van der Waals surface area contributed by atoms with Crippen molar-refractivity contribution in [1.82, 2.24) is 10.2 Å². The van der Waals surface area contributed by atoms with Gasteiger partial charge in [-0.3, -0.25) is 4.79 Å². The van der Waals surface area contributed by atoms with Gasteiger partial charge in [0, 0.05) is 37.5 Å². The molecule has 1 atom stereocenters. The number of nitrogens with one attached hydrogen (secondary N) is 1. The Balaban J connectivity index is 1.60. The second-order valence-electron chi connectivity index (χ2n) is 4.66. The van der Waals surface area contributed by atoms with Crippen LogP contribution in [0.15, 0.2) is 0 Å². The molecule has 1 amide bonds. The van der Waals surface area contributed by atoms with Crippen LogP contribution in [0.5, 0.6) is 0 Å². The van der Waals surface area contributed by atoms with Gasteiger partial charge < -0.3 is 15.0 Å². The van der Waals surface area contributed by atoms with Crippen molar-refractivity contribution in [2.75, 3.05) is 39.4 Å². The molecule has 2 heterocycles. The fourth-order valence-electron chi connectivity index (χ4n) is 2.54. The Morgan fingerprint density at radius 3 is 2.57 bits per heavy atom. The molecule has 1 spiro atoms. The summed E-state index contributed by atoms with van der Waals surface area (Å²) < 4.78 is 5.24. The molecule has 0 aromatic carbocycles. The van der Waals surface area contributed by atoms with Crippen molar-refractivity contribution >= 4 is 5.91 Å². The Morgan fingerprint density at radius 1 is 1.36 bits per heavy atom. The number of hydrogen-bond donors (Lipinski definition) is 1. The minimum Gasteiger partial charge on any atom is -0.378 e. The summed E-state index contributed by atoms with van der Waals surface area (Å²) in [6.07, 6.45) is 1.11. The molecule has 14 heavy (non-hydrogen) atoms. The van der Waals surface area contributed by atoms with E-state index in [1.165, 1.54) is 0 Å². The maximum atomic E-state index is 12.0. The summed E-state index contributed by atoms with van der Waals surface area (Å²) in [6.45, 7) is 5.10. The highest BCUT2D eigenvalue weighted by Crippen LogP contribution is 2.55. The monoisotopic (exact) mass is 196 g/mol. The largest absolute Gasteiger partial charge is 0.378 e. The van der Waals surface area contributed by atoms with E-state index < -0.39 is 0 Å². The highest BCUT2D eigenvalue weighted by molar-refractivity contribution is 5.83. The van der Waals surface area contributed by atoms with Crippen LogP contribution in [-0.4, -0.2) is 50.2 Å². The summed E-state index contributed by atoms with van der Waals surface area (Å²) in [4.78, 5) is 14.0. The van der Waals surface area contributed by atoms with E-state index >= 15 is 0 Å². The van der Waals surface area contributed by atoms with Crippen LogP contribution >= 0.6 is 0 Å². The Bertz CT molecular complexity index is 250. The van der Waals surface area contributed by atoms with Gasteiger partial charge in [0.15, 0.2) is 0 Å². The summed E-state index contributed by atoms with van der Waals surface area (Å²) in [5.41, 5.74) is 0.370. The highest BCUT2D eigenvalue weighted by Gasteiger charge is 2.62. The molecule has 1 aliphatic carbocycles. The van der Waals surface area contributed by atoms with Gasteiger partial charge in [0.05, 0.1) is 13.2 Å². The molecule has 1 N–H and O–H groups in total. The lowest BCUT2D eigenvalue weighted by molar-refractivity contribution is -0.137. The first-order chi connectivity index (χ1) is 6.82. The zero-order valence-corrected chi connectivity index (χ0v) is 8.29. The Morgan fingerprint density at radius 2 is 2.07 bits per heavy atom. The normalized spacial score (nSPS) is 34.0. The number of carbonyl (C=O) groups is 1. The number of carbonyl (C=O) groups excluding carboxylic acids is 1. The Kier molecular flexibility index (Phi) is 1.82. The second-order valence-corrected chi connectivity index (χ2v) is 4.66. The molecule has 2 saturated heterocycles. The van der Waals surface area contributed by atoms with Crippen LogP contribution in [0, 0.1) is 11.3 Å². The number of rotatable bonds is 1. The van der Waals surface area contributed by atoms with Gasteiger partial charge in [0.25, 0.3) is 0 Å². The molecule has 0 radical (unpaired) electrons. The summed E-state index contributed by atoms with van der Waals surface area (Å²) in [6, 6.07) is 0. The first-order valence-corrected chi connectivity index (χ1v) is 5.39. The van der Waals surface area contributed by atoms with Crippen molar-refractivity contribution in [3.63, 3.8) is 0 Å². The molecule has 3 fully saturated rings. The minimum atomic E-state index is 0.321. The lowest BCUT2D eigenvalue weighted by Gasteiger charge is -2.31. The molecule has 78 valence electrons. The van der Waals surface area contributed by atoms with E-state index in [2.05, 4.69) is 5.32 Å². The van der Waals surface area contributed by atoms with Crippen LogP contribution in [0.3, 0.4) is 0 Å². The van der Waals surface area contributed by atoms with E-state index in [-0.39, 0.29) is 0 Å². The molecule has 4 heteroatoms. The van der Waals surface area contributed by atoms with E-state index in [0.717, 1.165) is 32.6 Å². The van der Waals surface area contributed by atoms with Crippen molar-refractivity contribution in [2.24, 2.45) is 11.3 Å². The molecule has 1 saturated carbocycles. The van der Waals surface area contributed by atoms with Gasteiger partial charge in [-0.25, -0.2) is 0 Å². The molecule has 1 unspecified atom stereocenters. The summed E-state index contributed by atoms with van der Waals surface area (Å²) in [5.74, 6) is 0.691. The van der Waals surface area contributed by atoms with Crippen LogP contribution in [-0.2, 0) is 9.53 Å². The van der Waals surface area contributed by atoms with E-state index in [0.29, 0.717) is 30.5 Å². The summed E-state index contributed by atoms with van der Waals surface area (Å²) >= 11 is 0. The van der Waals surface area contributed by atoms with E-state index in [9.17, 15) is 4.79 Å². The fourth-order valence-corrected chi connectivity index (χ4v) is 2.54. The molecular weight excluding hydrogens is 180 g/mol. The lowest BCUT2D eigenvalue weighted by atomic mass is 9.96. The number of amides is 1. The first-order valence-electron chi connectivity index (χ1n) is 5.39. The van der Waals surface area contributed by atoms with Gasteiger partial charge >= 0.3 is 0 Å². The standard InChI is InChI=1S/C10H16N2O2/c13-9(12-1-3-14-4-2-12)8-5-10(8)6-11-7-10/h8,11H,1-7H2. The van der Waals surface area contributed by atoms with Gasteiger partial charge in [-0.1, -0.05) is 0 Å². The van der Waals surface area contributed by atoms with E-state index in [1.54, 1.807) is 0 Å². The van der Waals surface area contributed by atoms with Crippen molar-refractivity contribution in [2.45, 2.75) is 6.42 Å². The van der Waals surface area contributed by atoms with Gasteiger partial charge in [-0.15, -0.1) is 0 Å². The van der Waals surface area contributed by atoms with Crippen molar-refractivity contribution < 1.29 is 9.53 Å². The average molecular weight is 196 g/mol. The minimum absolute atomic E-state index is 0.321. The van der Waals surface area contributed by atoms with Gasteiger partial charge in [0.2, 0.25) is 5.91 Å². The maximum Gasteiger partial charge on any atom is 0.226 e. The van der Waals surface area contributed by atoms with Gasteiger partial charge in [0.1, 0.15) is 0 Å². The fraction of sp³-hybridized carbons (Fsp3) is 0.900. The van der Waals surface area contributed by atoms with Gasteiger partial charge in [-0.05, 0) is 6.42 Å². The smallest absolute Gasteiger partial charge is 0.226 e. The maximum absolute atomic E-state index is 12.0. The Hall–Kier alpha value is -0.610. The molecule has 0 aromatic heterocycles. The third-order valence-electron chi connectivity index (χ3n) is 3.76. The third-order valence-corrected chi connectivity index (χ3v) is 3.76. The molecule has 3 rings (SSSR count). The predicted octanol–water partition coefficient (Wildman–Crippen LogP) is -0.545. The molecule has 4 nitrogen and oxygen atoms in total. The summed E-state index contributed by atoms with van der Waals surface area (Å²) in [7, 11) is 0. The van der Waals surface area contributed by atoms with E-state index in [4.69, 9.17) is 4.74 Å². The number of ether oxygens (including phenoxy) is 1. The molecule has 2 aliphatic heterocycles. The number of morpholine rings is 1. The topological polar surface area (TPSA) is 41.6 Å². The van der Waals surface area contributed by atoms with Crippen LogP contribution in [0.2, 0.25) is 0 Å². The molecular formula is C10H16N2O2. The number of nitrogens with zero attached hydrogens (tertiary/aromatic N) is 1. The zero-order valence-electron chi connectivity index (χ0n) is 8.29. The third kappa shape index (κ3) is 1.17. The average Bonchev–Trinajstić information content (AvgIpc) is 2.93. The van der Waals surface area contributed by atoms with Crippen LogP contribution in [0.25, 0.3) is 0 Å². The SMILES string of the molecule is O=C(C1CC12CNC2)N1CCOCC1. The van der Waals surface area contributed by atoms with Crippen molar-refractivity contribution in [3.8, 4) is 0 Å². The highest BCUT2D eigenvalue weighted by atomic mass is 16.5. The van der Waals surface area contributed by atoms with Crippen LogP contribution in [0.4, 0.5) is 0 Å². The van der Waals surface area contributed by atoms with Gasteiger partial charge in [-0.2, -0.15) is 0 Å². The molecule has 3 aliphatic rings. The second kappa shape index (κ2) is 2.94. The molecule has 0 bridgehead atoms. The van der Waals surface area contributed by atoms with E-state index in [1.807, 2.05) is 4.90 Å². The van der Waals surface area contributed by atoms with Crippen molar-refractivity contribution in [3.05, 3.63) is 0 Å². The summed E-state index contributed by atoms with van der Waals surface area (Å²) in [5, 5.41) is 3.26. The van der Waals surface area contributed by atoms with Crippen molar-refractivity contribution in [1.29, 1.82) is 0 Å². The first kappa shape index (κ1) is 8.68. The lowest BCUT2D eigenvalue weighted by Crippen LogP contribution is -2.49.